The van der Waals surface area contributed by atoms with Gasteiger partial charge in [-0.3, -0.25) is 9.71 Å². The third-order valence-corrected chi connectivity index (χ3v) is 4.09. The number of hydrogen-bond donors (Lipinski definition) is 2. The zero-order chi connectivity index (χ0) is 14.8. The Morgan fingerprint density at radius 2 is 2.05 bits per heavy atom. The van der Waals surface area contributed by atoms with Gasteiger partial charge < -0.3 is 5.32 Å². The monoisotopic (exact) mass is 315 g/mol. The summed E-state index contributed by atoms with van der Waals surface area (Å²) in [5, 5.41) is 2.85. The summed E-state index contributed by atoms with van der Waals surface area (Å²) in [6.45, 7) is 0. The van der Waals surface area contributed by atoms with Gasteiger partial charge in [0.05, 0.1) is 11.4 Å². The number of halogens is 2. The van der Waals surface area contributed by atoms with Crippen LogP contribution in [0, 0.1) is 5.82 Å². The third kappa shape index (κ3) is 3.17. The van der Waals surface area contributed by atoms with E-state index in [1.807, 2.05) is 0 Å². The van der Waals surface area contributed by atoms with E-state index in [-0.39, 0.29) is 15.6 Å². The molecular weight excluding hydrogens is 305 g/mol. The third-order valence-electron chi connectivity index (χ3n) is 2.46. The number of nitrogens with zero attached hydrogens (tertiary/aromatic N) is 1. The van der Waals surface area contributed by atoms with Gasteiger partial charge in [0.1, 0.15) is 10.7 Å². The Kier molecular flexibility index (Phi) is 4.10. The molecule has 0 saturated heterocycles. The van der Waals surface area contributed by atoms with Crippen LogP contribution >= 0.6 is 11.6 Å². The summed E-state index contributed by atoms with van der Waals surface area (Å²) in [6.07, 6.45) is 2.67. The first-order valence-corrected chi connectivity index (χ1v) is 7.39. The van der Waals surface area contributed by atoms with Crippen LogP contribution in [0.25, 0.3) is 0 Å². The van der Waals surface area contributed by atoms with Crippen LogP contribution in [0.3, 0.4) is 0 Å². The van der Waals surface area contributed by atoms with E-state index < -0.39 is 15.8 Å². The largest absolute Gasteiger partial charge is 0.387 e. The van der Waals surface area contributed by atoms with E-state index in [2.05, 4.69) is 15.0 Å². The highest BCUT2D eigenvalue weighted by Crippen LogP contribution is 2.24. The lowest BCUT2D eigenvalue weighted by atomic mass is 10.3. The second-order valence-corrected chi connectivity index (χ2v) is 5.97. The summed E-state index contributed by atoms with van der Waals surface area (Å²) in [4.78, 5) is 3.74. The molecule has 0 unspecified atom stereocenters. The molecule has 8 heteroatoms. The van der Waals surface area contributed by atoms with Crippen LogP contribution in [0.2, 0.25) is 5.02 Å². The van der Waals surface area contributed by atoms with Crippen molar-refractivity contribution < 1.29 is 12.8 Å². The van der Waals surface area contributed by atoms with E-state index in [0.29, 0.717) is 5.69 Å². The second kappa shape index (κ2) is 5.64. The van der Waals surface area contributed by atoms with E-state index in [1.54, 1.807) is 7.05 Å². The van der Waals surface area contributed by atoms with Gasteiger partial charge in [0.25, 0.3) is 10.0 Å². The van der Waals surface area contributed by atoms with Gasteiger partial charge in [-0.05, 0) is 24.3 Å². The van der Waals surface area contributed by atoms with Crippen LogP contribution < -0.4 is 10.0 Å². The predicted octanol–water partition coefficient (Wildman–Crippen LogP) is 2.72. The standard InChI is InChI=1S/C12H11ClFN3O2S/c1-15-11-2-3-16-7-12(11)20(18,19)17-10-5-8(13)4-9(14)6-10/h2-7,17H,1H3,(H,15,16). The van der Waals surface area contributed by atoms with Gasteiger partial charge >= 0.3 is 0 Å². The molecule has 0 atom stereocenters. The minimum atomic E-state index is -3.89. The first kappa shape index (κ1) is 14.5. The lowest BCUT2D eigenvalue weighted by molar-refractivity contribution is 0.601. The Balaban J connectivity index is 2.41. The molecule has 0 aliphatic heterocycles. The smallest absolute Gasteiger partial charge is 0.265 e. The van der Waals surface area contributed by atoms with E-state index in [1.165, 1.54) is 24.5 Å². The average molecular weight is 316 g/mol. The quantitative estimate of drug-likeness (QED) is 0.910. The predicted molar refractivity (Wildman–Crippen MR) is 76.0 cm³/mol. The lowest BCUT2D eigenvalue weighted by Gasteiger charge is -2.11. The number of pyridine rings is 1. The zero-order valence-corrected chi connectivity index (χ0v) is 12.0. The normalized spacial score (nSPS) is 11.2. The lowest BCUT2D eigenvalue weighted by Crippen LogP contribution is -2.15. The summed E-state index contributed by atoms with van der Waals surface area (Å²) in [7, 11) is -2.30. The van der Waals surface area contributed by atoms with Crippen molar-refractivity contribution in [2.45, 2.75) is 4.90 Å². The number of anilines is 2. The van der Waals surface area contributed by atoms with Crippen LogP contribution in [-0.4, -0.2) is 20.4 Å². The van der Waals surface area contributed by atoms with Crippen LogP contribution in [0.15, 0.2) is 41.6 Å². The number of rotatable bonds is 4. The molecule has 1 heterocycles. The molecule has 106 valence electrons. The molecule has 0 bridgehead atoms. The highest BCUT2D eigenvalue weighted by Gasteiger charge is 2.19. The minimum Gasteiger partial charge on any atom is -0.387 e. The molecule has 0 aliphatic rings. The van der Waals surface area contributed by atoms with E-state index in [4.69, 9.17) is 11.6 Å². The second-order valence-electron chi connectivity index (χ2n) is 3.89. The van der Waals surface area contributed by atoms with Crippen molar-refractivity contribution in [2.75, 3.05) is 17.1 Å². The average Bonchev–Trinajstić information content (AvgIpc) is 2.36. The molecule has 0 aliphatic carbocycles. The number of hydrogen-bond acceptors (Lipinski definition) is 4. The molecule has 0 spiro atoms. The van der Waals surface area contributed by atoms with Crippen molar-refractivity contribution in [2.24, 2.45) is 0 Å². The SMILES string of the molecule is CNc1ccncc1S(=O)(=O)Nc1cc(F)cc(Cl)c1. The minimum absolute atomic E-state index is 0.0390. The van der Waals surface area contributed by atoms with Crippen molar-refractivity contribution in [3.05, 3.63) is 47.5 Å². The van der Waals surface area contributed by atoms with Gasteiger partial charge in [-0.25, -0.2) is 12.8 Å². The summed E-state index contributed by atoms with van der Waals surface area (Å²) < 4.78 is 40.0. The maximum Gasteiger partial charge on any atom is 0.265 e. The molecule has 5 nitrogen and oxygen atoms in total. The van der Waals surface area contributed by atoms with Gasteiger partial charge in [-0.1, -0.05) is 11.6 Å². The van der Waals surface area contributed by atoms with Crippen molar-refractivity contribution >= 4 is 33.0 Å². The molecule has 1 aromatic carbocycles. The van der Waals surface area contributed by atoms with Gasteiger partial charge in [-0.15, -0.1) is 0 Å². The van der Waals surface area contributed by atoms with Gasteiger partial charge in [-0.2, -0.15) is 0 Å². The number of aromatic nitrogens is 1. The van der Waals surface area contributed by atoms with Gasteiger partial charge in [0.15, 0.2) is 0 Å². The molecule has 0 saturated carbocycles. The molecule has 2 aromatic rings. The zero-order valence-electron chi connectivity index (χ0n) is 10.4. The van der Waals surface area contributed by atoms with E-state index in [9.17, 15) is 12.8 Å². The summed E-state index contributed by atoms with van der Waals surface area (Å²) in [6, 6.07) is 4.96. The molecule has 20 heavy (non-hydrogen) atoms. The Morgan fingerprint density at radius 3 is 2.70 bits per heavy atom. The summed E-state index contributed by atoms with van der Waals surface area (Å²) in [5.41, 5.74) is 0.427. The maximum absolute atomic E-state index is 13.2. The first-order chi connectivity index (χ1) is 9.42. The van der Waals surface area contributed by atoms with Crippen LogP contribution in [0.4, 0.5) is 15.8 Å². The maximum atomic E-state index is 13.2. The van der Waals surface area contributed by atoms with Crippen molar-refractivity contribution in [3.63, 3.8) is 0 Å². The molecule has 0 fully saturated rings. The topological polar surface area (TPSA) is 71.1 Å². The summed E-state index contributed by atoms with van der Waals surface area (Å²) >= 11 is 5.68. The molecule has 2 N–H and O–H groups in total. The molecule has 1 aromatic heterocycles. The molecular formula is C12H11ClFN3O2S. The van der Waals surface area contributed by atoms with Crippen LogP contribution in [0.1, 0.15) is 0 Å². The number of sulfonamides is 1. The van der Waals surface area contributed by atoms with Crippen molar-refractivity contribution in [3.8, 4) is 0 Å². The Hall–Kier alpha value is -1.86. The molecule has 0 amide bonds. The highest BCUT2D eigenvalue weighted by atomic mass is 35.5. The Morgan fingerprint density at radius 1 is 1.30 bits per heavy atom. The Labute approximate surface area is 120 Å². The number of nitrogens with one attached hydrogen (secondary N) is 2. The summed E-state index contributed by atoms with van der Waals surface area (Å²) in [5.74, 6) is -0.629. The fourth-order valence-electron chi connectivity index (χ4n) is 1.62. The van der Waals surface area contributed by atoms with Gasteiger partial charge in [0.2, 0.25) is 0 Å². The van der Waals surface area contributed by atoms with Crippen molar-refractivity contribution in [1.29, 1.82) is 0 Å². The number of benzene rings is 1. The van der Waals surface area contributed by atoms with E-state index in [0.717, 1.165) is 12.1 Å². The van der Waals surface area contributed by atoms with Crippen LogP contribution in [-0.2, 0) is 10.0 Å². The van der Waals surface area contributed by atoms with Crippen LogP contribution in [0.5, 0.6) is 0 Å². The first-order valence-electron chi connectivity index (χ1n) is 5.53. The fourth-order valence-corrected chi connectivity index (χ4v) is 3.04. The van der Waals surface area contributed by atoms with Gasteiger partial charge in [0, 0.05) is 24.5 Å². The van der Waals surface area contributed by atoms with Crippen molar-refractivity contribution in [1.82, 2.24) is 4.98 Å². The Bertz CT molecular complexity index is 717. The molecule has 0 radical (unpaired) electrons. The highest BCUT2D eigenvalue weighted by molar-refractivity contribution is 7.92. The van der Waals surface area contributed by atoms with E-state index >= 15 is 0 Å². The fraction of sp³-hybridized carbons (Fsp3) is 0.0833. The molecule has 2 rings (SSSR count).